The summed E-state index contributed by atoms with van der Waals surface area (Å²) >= 11 is 0. The Bertz CT molecular complexity index is 493. The van der Waals surface area contributed by atoms with E-state index in [1.54, 1.807) is 0 Å². The second-order valence-electron chi connectivity index (χ2n) is 5.88. The van der Waals surface area contributed by atoms with Crippen molar-refractivity contribution in [3.63, 3.8) is 0 Å². The number of morpholine rings is 1. The van der Waals surface area contributed by atoms with Gasteiger partial charge in [0.05, 0.1) is 13.2 Å². The van der Waals surface area contributed by atoms with Crippen LogP contribution in [0, 0.1) is 0 Å². The quantitative estimate of drug-likeness (QED) is 0.658. The lowest BCUT2D eigenvalue weighted by atomic mass is 10.2. The number of ether oxygens (including phenoxy) is 2. The van der Waals surface area contributed by atoms with Crippen molar-refractivity contribution in [2.75, 3.05) is 51.3 Å². The Morgan fingerprint density at radius 3 is 2.54 bits per heavy atom. The van der Waals surface area contributed by atoms with Crippen molar-refractivity contribution in [3.8, 4) is 5.75 Å². The molecule has 1 heterocycles. The molecule has 1 atom stereocenters. The first-order valence-corrected chi connectivity index (χ1v) is 8.77. The summed E-state index contributed by atoms with van der Waals surface area (Å²) in [5.41, 5.74) is 0.785. The maximum atomic E-state index is 12.0. The summed E-state index contributed by atoms with van der Waals surface area (Å²) in [4.78, 5) is 14.4. The van der Waals surface area contributed by atoms with Gasteiger partial charge in [0.2, 0.25) is 5.91 Å². The zero-order valence-corrected chi connectivity index (χ0v) is 17.2. The summed E-state index contributed by atoms with van der Waals surface area (Å²) in [7, 11) is 0. The Labute approximate surface area is 168 Å². The van der Waals surface area contributed by atoms with E-state index < -0.39 is 0 Å². The summed E-state index contributed by atoms with van der Waals surface area (Å²) in [6.45, 7) is 10.1. The second kappa shape index (κ2) is 14.1. The van der Waals surface area contributed by atoms with Crippen molar-refractivity contribution >= 4 is 36.4 Å². The predicted octanol–water partition coefficient (Wildman–Crippen LogP) is 2.57. The van der Waals surface area contributed by atoms with E-state index in [4.69, 9.17) is 9.47 Å². The third-order valence-electron chi connectivity index (χ3n) is 4.14. The van der Waals surface area contributed by atoms with Crippen molar-refractivity contribution in [3.05, 3.63) is 24.3 Å². The highest BCUT2D eigenvalue weighted by molar-refractivity contribution is 5.91. The highest BCUT2D eigenvalue weighted by atomic mass is 35.5. The highest BCUT2D eigenvalue weighted by Crippen LogP contribution is 2.16. The van der Waals surface area contributed by atoms with Crippen LogP contribution in [0.3, 0.4) is 0 Å². The van der Waals surface area contributed by atoms with E-state index >= 15 is 0 Å². The van der Waals surface area contributed by atoms with Gasteiger partial charge in [-0.05, 0) is 37.4 Å². The van der Waals surface area contributed by atoms with E-state index in [0.29, 0.717) is 26.2 Å². The monoisotopic (exact) mass is 407 g/mol. The average Bonchev–Trinajstić information content (AvgIpc) is 2.61. The molecule has 8 heteroatoms. The van der Waals surface area contributed by atoms with Crippen LogP contribution < -0.4 is 15.4 Å². The Morgan fingerprint density at radius 2 is 1.96 bits per heavy atom. The number of anilines is 1. The van der Waals surface area contributed by atoms with Gasteiger partial charge in [-0.15, -0.1) is 24.8 Å². The summed E-state index contributed by atoms with van der Waals surface area (Å²) in [6, 6.07) is 7.62. The highest BCUT2D eigenvalue weighted by Gasteiger charge is 2.16. The lowest BCUT2D eigenvalue weighted by Crippen LogP contribution is -2.43. The number of nitrogens with zero attached hydrogens (tertiary/aromatic N) is 1. The maximum Gasteiger partial charge on any atom is 0.226 e. The van der Waals surface area contributed by atoms with Crippen LogP contribution in [0.25, 0.3) is 0 Å². The summed E-state index contributed by atoms with van der Waals surface area (Å²) < 4.78 is 11.1. The summed E-state index contributed by atoms with van der Waals surface area (Å²) in [6.07, 6.45) is 0.419. The van der Waals surface area contributed by atoms with Crippen molar-refractivity contribution in [2.45, 2.75) is 26.3 Å². The molecule has 0 radical (unpaired) electrons. The predicted molar refractivity (Wildman–Crippen MR) is 110 cm³/mol. The minimum Gasteiger partial charge on any atom is -0.492 e. The smallest absolute Gasteiger partial charge is 0.226 e. The van der Waals surface area contributed by atoms with E-state index in [9.17, 15) is 4.79 Å². The number of carbonyl (C=O) groups is 1. The Kier molecular flexibility index (Phi) is 13.5. The summed E-state index contributed by atoms with van der Waals surface area (Å²) in [5.74, 6) is 0.815. The molecule has 150 valence electrons. The molecule has 0 aromatic heterocycles. The molecule has 1 aliphatic rings. The van der Waals surface area contributed by atoms with Crippen molar-refractivity contribution in [1.82, 2.24) is 10.2 Å². The van der Waals surface area contributed by atoms with Crippen LogP contribution in [-0.2, 0) is 9.53 Å². The normalized spacial score (nSPS) is 16.3. The molecule has 1 amide bonds. The summed E-state index contributed by atoms with van der Waals surface area (Å²) in [5, 5.41) is 6.19. The van der Waals surface area contributed by atoms with Gasteiger partial charge in [0.1, 0.15) is 12.4 Å². The first-order chi connectivity index (χ1) is 11.7. The molecule has 6 nitrogen and oxygen atoms in total. The van der Waals surface area contributed by atoms with Gasteiger partial charge in [0.25, 0.3) is 0 Å². The fourth-order valence-electron chi connectivity index (χ4n) is 2.65. The molecule has 26 heavy (non-hydrogen) atoms. The molecule has 2 rings (SSSR count). The standard InChI is InChI=1S/C18H29N3O3.2ClH/c1-3-21(4-2)10-12-24-17-7-5-15(6-8-17)20-18(22)13-16-14-23-11-9-19-16;;/h5-8,16,19H,3-4,9-14H2,1-2H3,(H,20,22);2*1H. The van der Waals surface area contributed by atoms with Crippen LogP contribution >= 0.6 is 24.8 Å². The molecule has 1 aromatic carbocycles. The average molecular weight is 408 g/mol. The molecular weight excluding hydrogens is 377 g/mol. The van der Waals surface area contributed by atoms with Crippen LogP contribution in [0.1, 0.15) is 20.3 Å². The number of amides is 1. The van der Waals surface area contributed by atoms with Crippen LogP contribution in [0.5, 0.6) is 5.75 Å². The van der Waals surface area contributed by atoms with Crippen LogP contribution in [0.15, 0.2) is 24.3 Å². The molecule has 0 bridgehead atoms. The lowest BCUT2D eigenvalue weighted by Gasteiger charge is -2.23. The third kappa shape index (κ3) is 9.05. The van der Waals surface area contributed by atoms with Crippen molar-refractivity contribution < 1.29 is 14.3 Å². The second-order valence-corrected chi connectivity index (χ2v) is 5.88. The maximum absolute atomic E-state index is 12.0. The third-order valence-corrected chi connectivity index (χ3v) is 4.14. The number of carbonyl (C=O) groups excluding carboxylic acids is 1. The van der Waals surface area contributed by atoms with Gasteiger partial charge >= 0.3 is 0 Å². The number of hydrogen-bond donors (Lipinski definition) is 2. The number of hydrogen-bond acceptors (Lipinski definition) is 5. The minimum absolute atomic E-state index is 0. The van der Waals surface area contributed by atoms with Crippen molar-refractivity contribution in [2.24, 2.45) is 0 Å². The van der Waals surface area contributed by atoms with E-state index in [2.05, 4.69) is 29.4 Å². The minimum atomic E-state index is -0.00629. The zero-order valence-electron chi connectivity index (χ0n) is 15.5. The Hall–Kier alpha value is -1.05. The van der Waals surface area contributed by atoms with E-state index in [1.807, 2.05) is 24.3 Å². The fraction of sp³-hybridized carbons (Fsp3) is 0.611. The number of benzene rings is 1. The SMILES string of the molecule is CCN(CC)CCOc1ccc(NC(=O)CC2COCCN2)cc1.Cl.Cl. The van der Waals surface area contributed by atoms with E-state index in [1.165, 1.54) is 0 Å². The largest absolute Gasteiger partial charge is 0.492 e. The first-order valence-electron chi connectivity index (χ1n) is 8.77. The molecule has 1 unspecified atom stereocenters. The number of nitrogens with one attached hydrogen (secondary N) is 2. The number of rotatable bonds is 9. The van der Waals surface area contributed by atoms with Crippen molar-refractivity contribution in [1.29, 1.82) is 0 Å². The molecule has 0 aliphatic carbocycles. The fourth-order valence-corrected chi connectivity index (χ4v) is 2.65. The molecule has 1 aliphatic heterocycles. The topological polar surface area (TPSA) is 62.8 Å². The van der Waals surface area contributed by atoms with Crippen LogP contribution in [0.2, 0.25) is 0 Å². The Morgan fingerprint density at radius 1 is 1.27 bits per heavy atom. The van der Waals surface area contributed by atoms with Gasteiger partial charge in [0, 0.05) is 31.2 Å². The van der Waals surface area contributed by atoms with Gasteiger partial charge < -0.3 is 25.0 Å². The molecule has 2 N–H and O–H groups in total. The molecule has 0 saturated carbocycles. The number of halogens is 2. The molecule has 1 aromatic rings. The number of likely N-dealkylation sites (N-methyl/N-ethyl adjacent to an activating group) is 1. The van der Waals surface area contributed by atoms with Gasteiger partial charge in [-0.1, -0.05) is 13.8 Å². The molecule has 1 saturated heterocycles. The molecular formula is C18H31Cl2N3O3. The van der Waals surface area contributed by atoms with Gasteiger partial charge in [-0.2, -0.15) is 0 Å². The van der Waals surface area contributed by atoms with Gasteiger partial charge in [-0.3, -0.25) is 4.79 Å². The zero-order chi connectivity index (χ0) is 17.2. The van der Waals surface area contributed by atoms with E-state index in [0.717, 1.165) is 37.6 Å². The Balaban J connectivity index is 0.00000312. The molecule has 1 fully saturated rings. The molecule has 0 spiro atoms. The van der Waals surface area contributed by atoms with Crippen LogP contribution in [-0.4, -0.2) is 62.8 Å². The van der Waals surface area contributed by atoms with Crippen LogP contribution in [0.4, 0.5) is 5.69 Å². The van der Waals surface area contributed by atoms with E-state index in [-0.39, 0.29) is 36.8 Å². The first kappa shape index (κ1) is 24.9. The van der Waals surface area contributed by atoms with Gasteiger partial charge in [-0.25, -0.2) is 0 Å². The lowest BCUT2D eigenvalue weighted by molar-refractivity contribution is -0.117. The van der Waals surface area contributed by atoms with Gasteiger partial charge in [0.15, 0.2) is 0 Å².